The van der Waals surface area contributed by atoms with E-state index in [1.807, 2.05) is 5.57 Å². The summed E-state index contributed by atoms with van der Waals surface area (Å²) in [7, 11) is 0.244. The van der Waals surface area contributed by atoms with E-state index in [9.17, 15) is 0 Å². The third-order valence-corrected chi connectivity index (χ3v) is 17.6. The van der Waals surface area contributed by atoms with Gasteiger partial charge in [-0.05, 0) is 91.3 Å². The second-order valence-corrected chi connectivity index (χ2v) is 18.2. The van der Waals surface area contributed by atoms with Crippen molar-refractivity contribution >= 4 is 15.8 Å². The van der Waals surface area contributed by atoms with Crippen LogP contribution in [0.1, 0.15) is 142 Å². The predicted octanol–water partition coefficient (Wildman–Crippen LogP) is 10.9. The Balaban J connectivity index is 1.45. The molecule has 33 heavy (non-hydrogen) atoms. The van der Waals surface area contributed by atoms with E-state index in [0.717, 1.165) is 28.3 Å². The minimum atomic E-state index is 0.0980. The van der Waals surface area contributed by atoms with E-state index >= 15 is 0 Å². The van der Waals surface area contributed by atoms with Crippen molar-refractivity contribution in [3.8, 4) is 0 Å². The molecule has 0 spiro atoms. The minimum Gasteiger partial charge on any atom is -0.0929 e. The van der Waals surface area contributed by atoms with E-state index in [0.29, 0.717) is 0 Å². The number of hydrogen-bond donors (Lipinski definition) is 0. The van der Waals surface area contributed by atoms with Crippen LogP contribution in [0.5, 0.6) is 0 Å². The van der Waals surface area contributed by atoms with E-state index in [4.69, 9.17) is 0 Å². The van der Waals surface area contributed by atoms with Crippen molar-refractivity contribution in [3.05, 3.63) is 23.0 Å². The van der Waals surface area contributed by atoms with Crippen LogP contribution in [0.4, 0.5) is 0 Å². The summed E-state index contributed by atoms with van der Waals surface area (Å²) in [5.74, 6) is 0. The molecule has 1 atom stereocenters. The van der Waals surface area contributed by atoms with E-state index in [-0.39, 0.29) is 15.8 Å². The number of hydrogen-bond acceptors (Lipinski definition) is 0. The van der Waals surface area contributed by atoms with Crippen molar-refractivity contribution in [2.45, 2.75) is 170 Å². The van der Waals surface area contributed by atoms with E-state index in [1.54, 1.807) is 51.4 Å². The van der Waals surface area contributed by atoms with Gasteiger partial charge in [0.1, 0.15) is 0 Å². The maximum atomic E-state index is 2.75. The van der Waals surface area contributed by atoms with Gasteiger partial charge in [-0.1, -0.05) is 112 Å². The first kappa shape index (κ1) is 25.0. The molecule has 0 N–H and O–H groups in total. The normalized spacial score (nSPS) is 28.3. The highest BCUT2D eigenvalue weighted by Crippen LogP contribution is 2.67. The largest absolute Gasteiger partial charge is 0.0929 e. The van der Waals surface area contributed by atoms with Gasteiger partial charge in [0.15, 0.2) is 0 Å². The zero-order valence-corrected chi connectivity index (χ0v) is 23.6. The Kier molecular flexibility index (Phi) is 9.50. The fourth-order valence-corrected chi connectivity index (χ4v) is 17.1. The molecule has 0 bridgehead atoms. The molecule has 0 amide bonds. The van der Waals surface area contributed by atoms with Gasteiger partial charge in [0, 0.05) is 5.66 Å². The maximum Gasteiger partial charge on any atom is 0.00215 e. The van der Waals surface area contributed by atoms with Crippen LogP contribution in [0.25, 0.3) is 0 Å². The van der Waals surface area contributed by atoms with E-state index in [2.05, 4.69) is 24.4 Å². The van der Waals surface area contributed by atoms with Crippen molar-refractivity contribution in [3.63, 3.8) is 0 Å². The summed E-state index contributed by atoms with van der Waals surface area (Å²) >= 11 is 0. The quantitative estimate of drug-likeness (QED) is 0.314. The van der Waals surface area contributed by atoms with Crippen molar-refractivity contribution in [2.24, 2.45) is 0 Å². The summed E-state index contributed by atoms with van der Waals surface area (Å²) in [6, 6.07) is 0. The molecule has 0 aromatic rings. The Morgan fingerprint density at radius 2 is 0.970 bits per heavy atom. The summed E-state index contributed by atoms with van der Waals surface area (Å²) in [6.45, 7) is 2.75. The molecule has 186 valence electrons. The first-order valence-electron chi connectivity index (χ1n) is 15.3. The molecule has 0 unspecified atom stereocenters. The zero-order chi connectivity index (χ0) is 22.5. The molecule has 2 heteroatoms. The first-order valence-corrected chi connectivity index (χ1v) is 18.3. The highest BCUT2D eigenvalue weighted by atomic mass is 31.1. The van der Waals surface area contributed by atoms with Crippen LogP contribution < -0.4 is 0 Å². The Bertz CT molecular complexity index is 618. The van der Waals surface area contributed by atoms with Gasteiger partial charge in [0.25, 0.3) is 0 Å². The molecule has 0 aromatic heterocycles. The molecule has 0 aromatic carbocycles. The van der Waals surface area contributed by atoms with Gasteiger partial charge >= 0.3 is 0 Å². The number of rotatable bonds is 7. The van der Waals surface area contributed by atoms with Gasteiger partial charge in [0.2, 0.25) is 0 Å². The highest BCUT2D eigenvalue weighted by molar-refractivity contribution is 7.64. The smallest absolute Gasteiger partial charge is 0.00215 e. The molecule has 4 saturated carbocycles. The lowest BCUT2D eigenvalue weighted by Crippen LogP contribution is -2.27. The Morgan fingerprint density at radius 3 is 1.39 bits per heavy atom. The third-order valence-electron chi connectivity index (χ3n) is 10.1. The van der Waals surface area contributed by atoms with Gasteiger partial charge in [-0.15, -0.1) is 0 Å². The lowest BCUT2D eigenvalue weighted by molar-refractivity contribution is 0.482. The molecule has 0 aliphatic heterocycles. The Hall–Kier alpha value is 0.340. The lowest BCUT2D eigenvalue weighted by atomic mass is 9.99. The molecule has 0 radical (unpaired) electrons. The molecule has 5 aliphatic rings. The monoisotopic (exact) mass is 486 g/mol. The number of allylic oxidation sites excluding steroid dienone is 4. The van der Waals surface area contributed by atoms with Crippen molar-refractivity contribution < 1.29 is 0 Å². The first-order chi connectivity index (χ1) is 16.3. The summed E-state index contributed by atoms with van der Waals surface area (Å²) in [4.78, 5) is 0. The SMILES string of the molecule is C[C@H](C1=C(P(C2CCCCC2)C2CCCCC2)CC=C1)P(C1CCCCC1)C1CCCCC1. The topological polar surface area (TPSA) is 0 Å². The molecular formula is C31H52P2. The summed E-state index contributed by atoms with van der Waals surface area (Å²) < 4.78 is 0. The molecule has 0 nitrogen and oxygen atoms in total. The second-order valence-electron chi connectivity index (χ2n) is 12.2. The maximum absolute atomic E-state index is 2.75. The average Bonchev–Trinajstić information content (AvgIpc) is 3.36. The van der Waals surface area contributed by atoms with Crippen LogP contribution in [-0.2, 0) is 0 Å². The second kappa shape index (κ2) is 12.5. The standard InChI is InChI=1S/C31H52P2/c1-25(32(26-15-6-2-7-16-26)27-17-8-3-9-18-27)30-23-14-24-31(30)33(28-19-10-4-11-20-28)29-21-12-5-13-22-29/h14,23,25-29H,2-13,15-22,24H2,1H3/t25-/m1/s1. The minimum absolute atomic E-state index is 0.0980. The fourth-order valence-electron chi connectivity index (χ4n) is 8.45. The van der Waals surface area contributed by atoms with Crippen LogP contribution in [-0.4, -0.2) is 28.3 Å². The zero-order valence-electron chi connectivity index (χ0n) is 21.8. The predicted molar refractivity (Wildman–Crippen MR) is 152 cm³/mol. The van der Waals surface area contributed by atoms with Crippen LogP contribution in [0.3, 0.4) is 0 Å². The highest BCUT2D eigenvalue weighted by Gasteiger charge is 2.40. The van der Waals surface area contributed by atoms with Crippen LogP contribution >= 0.6 is 15.8 Å². The van der Waals surface area contributed by atoms with E-state index in [1.165, 1.54) is 83.5 Å². The molecule has 0 heterocycles. The van der Waals surface area contributed by atoms with Gasteiger partial charge < -0.3 is 0 Å². The van der Waals surface area contributed by atoms with Crippen LogP contribution in [0, 0.1) is 0 Å². The Morgan fingerprint density at radius 1 is 0.576 bits per heavy atom. The van der Waals surface area contributed by atoms with Gasteiger partial charge in [0.05, 0.1) is 0 Å². The van der Waals surface area contributed by atoms with E-state index < -0.39 is 0 Å². The fraction of sp³-hybridized carbons (Fsp3) is 0.871. The third kappa shape index (κ3) is 6.02. The van der Waals surface area contributed by atoms with Crippen molar-refractivity contribution in [1.29, 1.82) is 0 Å². The molecule has 0 saturated heterocycles. The summed E-state index contributed by atoms with van der Waals surface area (Å²) in [5, 5.41) is 2.05. The molecule has 4 fully saturated rings. The summed E-state index contributed by atoms with van der Waals surface area (Å²) in [6.07, 6.45) is 37.5. The van der Waals surface area contributed by atoms with Crippen LogP contribution in [0.2, 0.25) is 0 Å². The lowest BCUT2D eigenvalue weighted by Gasteiger charge is -2.44. The van der Waals surface area contributed by atoms with Gasteiger partial charge in [-0.3, -0.25) is 0 Å². The summed E-state index contributed by atoms with van der Waals surface area (Å²) in [5.41, 5.74) is 7.14. The van der Waals surface area contributed by atoms with Crippen molar-refractivity contribution in [1.82, 2.24) is 0 Å². The average molecular weight is 487 g/mol. The van der Waals surface area contributed by atoms with Crippen molar-refractivity contribution in [2.75, 3.05) is 0 Å². The van der Waals surface area contributed by atoms with Gasteiger partial charge in [-0.25, -0.2) is 0 Å². The molecule has 5 aliphatic carbocycles. The molecular weight excluding hydrogens is 434 g/mol. The van der Waals surface area contributed by atoms with Gasteiger partial charge in [-0.2, -0.15) is 0 Å². The Labute approximate surface area is 208 Å². The van der Waals surface area contributed by atoms with Crippen LogP contribution in [0.15, 0.2) is 23.0 Å². The molecule has 5 rings (SSSR count).